The number of para-hydroxylation sites is 1. The maximum absolute atomic E-state index is 12.9. The second kappa shape index (κ2) is 8.07. The molecular formula is C23H29N3O2S. The van der Waals surface area contributed by atoms with Crippen molar-refractivity contribution in [2.75, 3.05) is 26.2 Å². The summed E-state index contributed by atoms with van der Waals surface area (Å²) < 4.78 is 6.62. The first kappa shape index (κ1) is 19.1. The molecular weight excluding hydrogens is 382 g/mol. The summed E-state index contributed by atoms with van der Waals surface area (Å²) in [6.45, 7) is 4.84. The Morgan fingerprint density at radius 2 is 1.97 bits per heavy atom. The summed E-state index contributed by atoms with van der Waals surface area (Å²) in [5.74, 6) is 1.57. The van der Waals surface area contributed by atoms with Crippen molar-refractivity contribution in [1.82, 2.24) is 14.8 Å². The predicted octanol–water partition coefficient (Wildman–Crippen LogP) is 4.06. The van der Waals surface area contributed by atoms with Crippen LogP contribution in [0.3, 0.4) is 0 Å². The lowest BCUT2D eigenvalue weighted by Crippen LogP contribution is -2.50. The van der Waals surface area contributed by atoms with Crippen molar-refractivity contribution in [3.05, 3.63) is 46.4 Å². The van der Waals surface area contributed by atoms with E-state index >= 15 is 0 Å². The van der Waals surface area contributed by atoms with Crippen LogP contribution in [0.4, 0.5) is 0 Å². The molecule has 154 valence electrons. The fourth-order valence-electron chi connectivity index (χ4n) is 5.18. The molecule has 2 aromatic rings. The largest absolute Gasteiger partial charge is 0.487 e. The highest BCUT2D eigenvalue weighted by atomic mass is 32.1. The molecule has 5 rings (SSSR count). The number of hydrogen-bond acceptors (Lipinski definition) is 5. The van der Waals surface area contributed by atoms with Gasteiger partial charge in [0.05, 0.1) is 6.54 Å². The Balaban J connectivity index is 1.29. The van der Waals surface area contributed by atoms with E-state index in [0.717, 1.165) is 70.6 Å². The summed E-state index contributed by atoms with van der Waals surface area (Å²) in [7, 11) is 0. The standard InChI is InChI=1S/C23H29N3O2S/c27-22(26-10-3-4-11-26)15-18-16-23(28-20-6-2-1-5-19(18)20)7-12-25(13-8-23)17-21-24-9-14-29-21/h1-2,5-6,9,14,18H,3-4,7-8,10-13,15-17H2/t18-/m0/s1. The van der Waals surface area contributed by atoms with E-state index in [1.54, 1.807) is 11.3 Å². The first-order valence-corrected chi connectivity index (χ1v) is 11.8. The predicted molar refractivity (Wildman–Crippen MR) is 114 cm³/mol. The normalized spacial score (nSPS) is 23.7. The van der Waals surface area contributed by atoms with Crippen molar-refractivity contribution < 1.29 is 9.53 Å². The SMILES string of the molecule is O=C(C[C@H]1CC2(CCN(Cc3nccs3)CC2)Oc2ccccc21)N1CCCC1. The summed E-state index contributed by atoms with van der Waals surface area (Å²) in [6.07, 6.45) is 7.78. The summed E-state index contributed by atoms with van der Waals surface area (Å²) in [6, 6.07) is 8.37. The number of piperidine rings is 1. The van der Waals surface area contributed by atoms with Gasteiger partial charge in [0, 0.05) is 50.1 Å². The van der Waals surface area contributed by atoms with Gasteiger partial charge in [-0.3, -0.25) is 9.69 Å². The van der Waals surface area contributed by atoms with Crippen molar-refractivity contribution in [3.63, 3.8) is 0 Å². The number of carbonyl (C=O) groups excluding carboxylic acids is 1. The lowest BCUT2D eigenvalue weighted by atomic mass is 9.76. The lowest BCUT2D eigenvalue weighted by molar-refractivity contribution is -0.131. The summed E-state index contributed by atoms with van der Waals surface area (Å²) in [4.78, 5) is 21.9. The third-order valence-electron chi connectivity index (χ3n) is 6.79. The molecule has 0 aliphatic carbocycles. The zero-order chi connectivity index (χ0) is 19.7. The topological polar surface area (TPSA) is 45.7 Å². The van der Waals surface area contributed by atoms with Gasteiger partial charge in [-0.15, -0.1) is 11.3 Å². The second-order valence-electron chi connectivity index (χ2n) is 8.72. The molecule has 1 aromatic carbocycles. The molecule has 4 heterocycles. The Labute approximate surface area is 176 Å². The molecule has 6 heteroatoms. The van der Waals surface area contributed by atoms with E-state index in [0.29, 0.717) is 12.3 Å². The highest BCUT2D eigenvalue weighted by Gasteiger charge is 2.44. The minimum Gasteiger partial charge on any atom is -0.487 e. The maximum atomic E-state index is 12.9. The average molecular weight is 412 g/mol. The van der Waals surface area contributed by atoms with Crippen molar-refractivity contribution >= 4 is 17.2 Å². The van der Waals surface area contributed by atoms with Gasteiger partial charge in [-0.1, -0.05) is 18.2 Å². The number of amides is 1. The molecule has 0 radical (unpaired) electrons. The molecule has 1 spiro atoms. The van der Waals surface area contributed by atoms with Gasteiger partial charge in [0.2, 0.25) is 5.91 Å². The Bertz CT molecular complexity index is 840. The number of fused-ring (bicyclic) bond motifs is 1. The van der Waals surface area contributed by atoms with Gasteiger partial charge in [-0.05, 0) is 43.7 Å². The van der Waals surface area contributed by atoms with Crippen molar-refractivity contribution in [2.24, 2.45) is 0 Å². The van der Waals surface area contributed by atoms with Crippen molar-refractivity contribution in [1.29, 1.82) is 0 Å². The number of aromatic nitrogens is 1. The molecule has 0 unspecified atom stereocenters. The van der Waals surface area contributed by atoms with E-state index in [-0.39, 0.29) is 11.5 Å². The Morgan fingerprint density at radius 1 is 1.17 bits per heavy atom. The number of nitrogens with zero attached hydrogens (tertiary/aromatic N) is 3. The maximum Gasteiger partial charge on any atom is 0.223 e. The molecule has 5 nitrogen and oxygen atoms in total. The van der Waals surface area contributed by atoms with E-state index in [4.69, 9.17) is 4.74 Å². The van der Waals surface area contributed by atoms with Crippen LogP contribution < -0.4 is 4.74 Å². The fourth-order valence-corrected chi connectivity index (χ4v) is 5.84. The Hall–Kier alpha value is -1.92. The van der Waals surface area contributed by atoms with Crippen LogP contribution >= 0.6 is 11.3 Å². The smallest absolute Gasteiger partial charge is 0.223 e. The summed E-state index contributed by atoms with van der Waals surface area (Å²) in [5.41, 5.74) is 1.08. The average Bonchev–Trinajstić information content (AvgIpc) is 3.44. The number of ether oxygens (including phenoxy) is 1. The molecule has 2 saturated heterocycles. The Morgan fingerprint density at radius 3 is 2.72 bits per heavy atom. The molecule has 0 bridgehead atoms. The zero-order valence-electron chi connectivity index (χ0n) is 16.9. The fraction of sp³-hybridized carbons (Fsp3) is 0.565. The van der Waals surface area contributed by atoms with Crippen LogP contribution in [-0.4, -0.2) is 52.5 Å². The number of thiazole rings is 1. The van der Waals surface area contributed by atoms with Crippen LogP contribution in [0, 0.1) is 0 Å². The first-order valence-electron chi connectivity index (χ1n) is 10.9. The second-order valence-corrected chi connectivity index (χ2v) is 9.70. The van der Waals surface area contributed by atoms with Crippen LogP contribution in [-0.2, 0) is 11.3 Å². The number of rotatable bonds is 4. The van der Waals surface area contributed by atoms with Crippen LogP contribution in [0.5, 0.6) is 5.75 Å². The van der Waals surface area contributed by atoms with Crippen molar-refractivity contribution in [2.45, 2.75) is 56.6 Å². The van der Waals surface area contributed by atoms with E-state index in [2.05, 4.69) is 39.0 Å². The van der Waals surface area contributed by atoms with Crippen LogP contribution in [0.25, 0.3) is 0 Å². The molecule has 1 atom stereocenters. The zero-order valence-corrected chi connectivity index (χ0v) is 17.7. The van der Waals surface area contributed by atoms with E-state index in [9.17, 15) is 4.79 Å². The Kier molecular flexibility index (Phi) is 5.31. The highest BCUT2D eigenvalue weighted by molar-refractivity contribution is 7.09. The molecule has 3 aliphatic rings. The third-order valence-corrected chi connectivity index (χ3v) is 7.56. The van der Waals surface area contributed by atoms with Gasteiger partial charge in [0.1, 0.15) is 16.4 Å². The van der Waals surface area contributed by atoms with Crippen LogP contribution in [0.15, 0.2) is 35.8 Å². The van der Waals surface area contributed by atoms with Crippen molar-refractivity contribution in [3.8, 4) is 5.75 Å². The molecule has 1 aromatic heterocycles. The van der Waals surface area contributed by atoms with E-state index in [1.807, 2.05) is 11.6 Å². The highest BCUT2D eigenvalue weighted by Crippen LogP contribution is 2.46. The number of carbonyl (C=O) groups is 1. The minimum absolute atomic E-state index is 0.135. The van der Waals surface area contributed by atoms with Gasteiger partial charge < -0.3 is 9.64 Å². The molecule has 0 saturated carbocycles. The van der Waals surface area contributed by atoms with Gasteiger partial charge in [0.25, 0.3) is 0 Å². The molecule has 1 amide bonds. The van der Waals surface area contributed by atoms with Crippen LogP contribution in [0.1, 0.15) is 55.0 Å². The third kappa shape index (κ3) is 4.05. The minimum atomic E-state index is -0.135. The quantitative estimate of drug-likeness (QED) is 0.761. The van der Waals surface area contributed by atoms with Gasteiger partial charge in [-0.25, -0.2) is 4.98 Å². The summed E-state index contributed by atoms with van der Waals surface area (Å²) in [5, 5.41) is 3.23. The van der Waals surface area contributed by atoms with E-state index < -0.39 is 0 Å². The number of likely N-dealkylation sites (tertiary alicyclic amines) is 2. The van der Waals surface area contributed by atoms with Gasteiger partial charge in [-0.2, -0.15) is 0 Å². The molecule has 3 aliphatic heterocycles. The van der Waals surface area contributed by atoms with E-state index in [1.165, 1.54) is 10.6 Å². The molecule has 29 heavy (non-hydrogen) atoms. The van der Waals surface area contributed by atoms with Gasteiger partial charge in [0.15, 0.2) is 0 Å². The van der Waals surface area contributed by atoms with Crippen LogP contribution in [0.2, 0.25) is 0 Å². The number of hydrogen-bond donors (Lipinski definition) is 0. The number of benzene rings is 1. The monoisotopic (exact) mass is 411 g/mol. The molecule has 2 fully saturated rings. The molecule has 0 N–H and O–H groups in total. The summed E-state index contributed by atoms with van der Waals surface area (Å²) >= 11 is 1.73. The first-order chi connectivity index (χ1) is 14.2. The lowest BCUT2D eigenvalue weighted by Gasteiger charge is -2.47. The van der Waals surface area contributed by atoms with Gasteiger partial charge >= 0.3 is 0 Å².